The number of benzene rings is 3. The van der Waals surface area contributed by atoms with Crippen molar-refractivity contribution in [2.45, 2.75) is 52.2 Å². The fourth-order valence-corrected chi connectivity index (χ4v) is 4.41. The summed E-state index contributed by atoms with van der Waals surface area (Å²) in [5.41, 5.74) is 3.05. The van der Waals surface area contributed by atoms with Crippen LogP contribution in [0.4, 0.5) is 13.2 Å². The summed E-state index contributed by atoms with van der Waals surface area (Å²) in [6.07, 6.45) is 3.67. The average molecular weight is 469 g/mol. The molecule has 5 heteroatoms. The topological polar surface area (TPSA) is 18.5 Å². The van der Waals surface area contributed by atoms with Gasteiger partial charge in [-0.3, -0.25) is 0 Å². The van der Waals surface area contributed by atoms with Crippen LogP contribution in [0.3, 0.4) is 0 Å². The van der Waals surface area contributed by atoms with Crippen molar-refractivity contribution in [2.24, 2.45) is 5.92 Å². The van der Waals surface area contributed by atoms with E-state index in [-0.39, 0.29) is 5.56 Å². The standard InChI is InChI=1S/C29H31F3O2/c1-3-5-7-22-12-14-24(28(32)27(22)31)21-10-8-20(9-11-21)23-13-15-25(26(30)16-23)29-33-17-19(6-4-2)18-34-29/h8-16,19,29H,3-7,17-18H2,1-2H3. The molecular formula is C29H31F3O2. The predicted octanol–water partition coefficient (Wildman–Crippen LogP) is 8.24. The van der Waals surface area contributed by atoms with Crippen LogP contribution in [0, 0.1) is 23.4 Å². The van der Waals surface area contributed by atoms with Gasteiger partial charge in [-0.05, 0) is 47.6 Å². The minimum atomic E-state index is -0.828. The van der Waals surface area contributed by atoms with Gasteiger partial charge in [-0.15, -0.1) is 0 Å². The smallest absolute Gasteiger partial charge is 0.186 e. The Bertz CT molecular complexity index is 1100. The van der Waals surface area contributed by atoms with E-state index < -0.39 is 23.7 Å². The molecule has 0 radical (unpaired) electrons. The van der Waals surface area contributed by atoms with E-state index in [1.54, 1.807) is 42.5 Å². The number of aryl methyl sites for hydroxylation is 1. The number of rotatable bonds is 8. The van der Waals surface area contributed by atoms with Crippen LogP contribution >= 0.6 is 0 Å². The number of unbranched alkanes of at least 4 members (excludes halogenated alkanes) is 1. The van der Waals surface area contributed by atoms with Gasteiger partial charge in [-0.1, -0.05) is 75.2 Å². The van der Waals surface area contributed by atoms with E-state index >= 15 is 0 Å². The molecule has 1 aliphatic rings. The molecule has 4 rings (SSSR count). The maximum Gasteiger partial charge on any atom is 0.186 e. The third kappa shape index (κ3) is 5.37. The second kappa shape index (κ2) is 11.2. The van der Waals surface area contributed by atoms with Crippen LogP contribution in [0.2, 0.25) is 0 Å². The maximum atomic E-state index is 14.9. The van der Waals surface area contributed by atoms with Crippen LogP contribution in [0.1, 0.15) is 56.9 Å². The Labute approximate surface area is 199 Å². The lowest BCUT2D eigenvalue weighted by Crippen LogP contribution is -2.27. The molecule has 0 unspecified atom stereocenters. The third-order valence-corrected chi connectivity index (χ3v) is 6.41. The van der Waals surface area contributed by atoms with Gasteiger partial charge in [0, 0.05) is 17.0 Å². The first kappa shape index (κ1) is 24.5. The highest BCUT2D eigenvalue weighted by atomic mass is 19.2. The highest BCUT2D eigenvalue weighted by molar-refractivity contribution is 5.71. The predicted molar refractivity (Wildman–Crippen MR) is 129 cm³/mol. The molecule has 34 heavy (non-hydrogen) atoms. The lowest BCUT2D eigenvalue weighted by molar-refractivity contribution is -0.207. The molecule has 0 saturated carbocycles. The first-order chi connectivity index (χ1) is 16.5. The number of hydrogen-bond acceptors (Lipinski definition) is 2. The molecule has 0 aliphatic carbocycles. The summed E-state index contributed by atoms with van der Waals surface area (Å²) >= 11 is 0. The van der Waals surface area contributed by atoms with E-state index in [1.165, 1.54) is 6.07 Å². The van der Waals surface area contributed by atoms with Crippen LogP contribution in [0.15, 0.2) is 54.6 Å². The number of hydrogen-bond donors (Lipinski definition) is 0. The van der Waals surface area contributed by atoms with Crippen molar-refractivity contribution in [1.29, 1.82) is 0 Å². The van der Waals surface area contributed by atoms with Gasteiger partial charge in [0.2, 0.25) is 0 Å². The lowest BCUT2D eigenvalue weighted by atomic mass is 9.97. The van der Waals surface area contributed by atoms with E-state index in [0.29, 0.717) is 47.8 Å². The van der Waals surface area contributed by atoms with Crippen LogP contribution < -0.4 is 0 Å². The van der Waals surface area contributed by atoms with Crippen molar-refractivity contribution in [3.63, 3.8) is 0 Å². The van der Waals surface area contributed by atoms with Crippen LogP contribution in [-0.2, 0) is 15.9 Å². The largest absolute Gasteiger partial charge is 0.348 e. The van der Waals surface area contributed by atoms with Gasteiger partial charge in [0.25, 0.3) is 0 Å². The molecule has 1 saturated heterocycles. The molecule has 0 N–H and O–H groups in total. The summed E-state index contributed by atoms with van der Waals surface area (Å²) in [6, 6.07) is 15.3. The highest BCUT2D eigenvalue weighted by Crippen LogP contribution is 2.33. The van der Waals surface area contributed by atoms with Gasteiger partial charge >= 0.3 is 0 Å². The molecule has 0 amide bonds. The van der Waals surface area contributed by atoms with Gasteiger partial charge in [0.05, 0.1) is 13.2 Å². The first-order valence-electron chi connectivity index (χ1n) is 12.1. The molecule has 0 spiro atoms. The molecule has 1 fully saturated rings. The van der Waals surface area contributed by atoms with Gasteiger partial charge < -0.3 is 9.47 Å². The second-order valence-electron chi connectivity index (χ2n) is 8.97. The summed E-state index contributed by atoms with van der Waals surface area (Å²) in [5.74, 6) is -1.64. The minimum absolute atomic E-state index is 0.221. The molecule has 1 heterocycles. The molecule has 3 aromatic rings. The van der Waals surface area contributed by atoms with Crippen molar-refractivity contribution in [2.75, 3.05) is 13.2 Å². The average Bonchev–Trinajstić information content (AvgIpc) is 2.86. The molecule has 0 bridgehead atoms. The summed E-state index contributed by atoms with van der Waals surface area (Å²) in [6.45, 7) is 5.27. The fraction of sp³-hybridized carbons (Fsp3) is 0.379. The summed E-state index contributed by atoms with van der Waals surface area (Å²) in [4.78, 5) is 0. The third-order valence-electron chi connectivity index (χ3n) is 6.41. The zero-order chi connectivity index (χ0) is 24.1. The lowest BCUT2D eigenvalue weighted by Gasteiger charge is -2.29. The zero-order valence-corrected chi connectivity index (χ0v) is 19.8. The zero-order valence-electron chi connectivity index (χ0n) is 19.8. The van der Waals surface area contributed by atoms with Crippen molar-refractivity contribution in [1.82, 2.24) is 0 Å². The van der Waals surface area contributed by atoms with Crippen molar-refractivity contribution in [3.05, 3.63) is 83.2 Å². The normalized spacial score (nSPS) is 18.3. The van der Waals surface area contributed by atoms with E-state index in [2.05, 4.69) is 6.92 Å². The van der Waals surface area contributed by atoms with Gasteiger partial charge in [0.15, 0.2) is 17.9 Å². The van der Waals surface area contributed by atoms with Crippen molar-refractivity contribution in [3.8, 4) is 22.3 Å². The van der Waals surface area contributed by atoms with Gasteiger partial charge in [-0.25, -0.2) is 13.2 Å². The molecule has 1 aliphatic heterocycles. The van der Waals surface area contributed by atoms with Crippen LogP contribution in [0.5, 0.6) is 0 Å². The van der Waals surface area contributed by atoms with Crippen LogP contribution in [0.25, 0.3) is 22.3 Å². The molecule has 3 aromatic carbocycles. The Morgan fingerprint density at radius 3 is 2.09 bits per heavy atom. The monoisotopic (exact) mass is 468 g/mol. The Morgan fingerprint density at radius 2 is 1.44 bits per heavy atom. The highest BCUT2D eigenvalue weighted by Gasteiger charge is 2.25. The fourth-order valence-electron chi connectivity index (χ4n) is 4.41. The Hall–Kier alpha value is -2.63. The van der Waals surface area contributed by atoms with Gasteiger partial charge in [0.1, 0.15) is 5.82 Å². The second-order valence-corrected chi connectivity index (χ2v) is 8.97. The maximum absolute atomic E-state index is 14.9. The summed E-state index contributed by atoms with van der Waals surface area (Å²) in [7, 11) is 0. The van der Waals surface area contributed by atoms with Crippen LogP contribution in [-0.4, -0.2) is 13.2 Å². The molecule has 2 nitrogen and oxygen atoms in total. The first-order valence-corrected chi connectivity index (χ1v) is 12.1. The van der Waals surface area contributed by atoms with E-state index in [4.69, 9.17) is 9.47 Å². The summed E-state index contributed by atoms with van der Waals surface area (Å²) < 4.78 is 55.5. The Kier molecular flexibility index (Phi) is 8.07. The molecular weight excluding hydrogens is 437 g/mol. The Balaban J connectivity index is 1.49. The van der Waals surface area contributed by atoms with E-state index in [0.717, 1.165) is 31.2 Å². The number of ether oxygens (including phenoxy) is 2. The molecule has 0 aromatic heterocycles. The van der Waals surface area contributed by atoms with Crippen molar-refractivity contribution < 1.29 is 22.6 Å². The summed E-state index contributed by atoms with van der Waals surface area (Å²) in [5, 5.41) is 0. The molecule has 180 valence electrons. The van der Waals surface area contributed by atoms with Gasteiger partial charge in [-0.2, -0.15) is 0 Å². The van der Waals surface area contributed by atoms with Crippen molar-refractivity contribution >= 4 is 0 Å². The minimum Gasteiger partial charge on any atom is -0.348 e. The van der Waals surface area contributed by atoms with E-state index in [9.17, 15) is 13.2 Å². The SMILES string of the molecule is CCCCc1ccc(-c2ccc(-c3ccc(C4OCC(CCC)CO4)c(F)c3)cc2)c(F)c1F. The number of halogens is 3. The quantitative estimate of drug-likeness (QED) is 0.331. The Morgan fingerprint density at radius 1 is 0.765 bits per heavy atom. The molecule has 0 atom stereocenters. The van der Waals surface area contributed by atoms with E-state index in [1.807, 2.05) is 13.0 Å².